The molecule has 7 heteroatoms. The molecule has 2 aromatic carbocycles. The van der Waals surface area contributed by atoms with Crippen molar-refractivity contribution in [3.63, 3.8) is 0 Å². The zero-order valence-corrected chi connectivity index (χ0v) is 14.6. The Hall–Kier alpha value is -1.99. The third kappa shape index (κ3) is 4.49. The lowest BCUT2D eigenvalue weighted by Gasteiger charge is -2.08. The van der Waals surface area contributed by atoms with Crippen LogP contribution in [0.25, 0.3) is 0 Å². The Kier molecular flexibility index (Phi) is 5.33. The van der Waals surface area contributed by atoms with Crippen molar-refractivity contribution >= 4 is 37.5 Å². The fourth-order valence-electron chi connectivity index (χ4n) is 1.89. The molecular formula is C16H13BrO5S. The number of carbonyl (C=O) groups is 2. The van der Waals surface area contributed by atoms with Crippen molar-refractivity contribution in [2.24, 2.45) is 0 Å². The van der Waals surface area contributed by atoms with E-state index < -0.39 is 22.4 Å². The van der Waals surface area contributed by atoms with E-state index in [1.165, 1.54) is 24.3 Å². The van der Waals surface area contributed by atoms with Gasteiger partial charge in [-0.15, -0.1) is 0 Å². The topological polar surface area (TPSA) is 77.5 Å². The monoisotopic (exact) mass is 396 g/mol. The van der Waals surface area contributed by atoms with E-state index in [9.17, 15) is 18.0 Å². The van der Waals surface area contributed by atoms with Gasteiger partial charge >= 0.3 is 5.97 Å². The van der Waals surface area contributed by atoms with Crippen LogP contribution >= 0.6 is 15.9 Å². The normalized spacial score (nSPS) is 11.0. The van der Waals surface area contributed by atoms with E-state index >= 15 is 0 Å². The van der Waals surface area contributed by atoms with E-state index in [0.29, 0.717) is 5.56 Å². The van der Waals surface area contributed by atoms with Gasteiger partial charge in [-0.2, -0.15) is 0 Å². The average Bonchev–Trinajstić information content (AvgIpc) is 2.52. The van der Waals surface area contributed by atoms with Crippen LogP contribution in [0.5, 0.6) is 0 Å². The lowest BCUT2D eigenvalue weighted by molar-refractivity contribution is 0.0471. The number of sulfone groups is 1. The number of ether oxygens (including phenoxy) is 1. The minimum absolute atomic E-state index is 0.0846. The molecule has 0 bridgehead atoms. The van der Waals surface area contributed by atoms with Gasteiger partial charge in [-0.05, 0) is 24.3 Å². The third-order valence-electron chi connectivity index (χ3n) is 3.01. The summed E-state index contributed by atoms with van der Waals surface area (Å²) in [5, 5.41) is 0. The molecule has 0 aromatic heterocycles. The molecular weight excluding hydrogens is 384 g/mol. The lowest BCUT2D eigenvalue weighted by Crippen LogP contribution is -2.16. The first-order valence-corrected chi connectivity index (χ1v) is 9.22. The molecule has 0 aliphatic heterocycles. The number of halogens is 1. The first kappa shape index (κ1) is 17.4. The number of hydrogen-bond acceptors (Lipinski definition) is 5. The molecule has 0 saturated heterocycles. The fourth-order valence-corrected chi connectivity index (χ4v) is 3.03. The highest BCUT2D eigenvalue weighted by Gasteiger charge is 2.20. The summed E-state index contributed by atoms with van der Waals surface area (Å²) in [4.78, 5) is 23.9. The number of carbonyl (C=O) groups excluding carboxylic acids is 2. The minimum Gasteiger partial charge on any atom is -0.454 e. The van der Waals surface area contributed by atoms with Crippen LogP contribution in [0, 0.1) is 0 Å². The Bertz CT molecular complexity index is 841. The molecule has 0 heterocycles. The number of ketones is 1. The van der Waals surface area contributed by atoms with Gasteiger partial charge in [-0.3, -0.25) is 4.79 Å². The summed E-state index contributed by atoms with van der Waals surface area (Å²) in [6.07, 6.45) is 1.01. The maximum absolute atomic E-state index is 12.1. The third-order valence-corrected chi connectivity index (χ3v) is 4.69. The second kappa shape index (κ2) is 7.06. The van der Waals surface area contributed by atoms with Crippen molar-refractivity contribution in [2.45, 2.75) is 4.90 Å². The second-order valence-corrected chi connectivity index (χ2v) is 7.67. The summed E-state index contributed by atoms with van der Waals surface area (Å²) < 4.78 is 29.1. The van der Waals surface area contributed by atoms with E-state index in [1.54, 1.807) is 24.3 Å². The van der Waals surface area contributed by atoms with Crippen LogP contribution < -0.4 is 0 Å². The molecule has 23 heavy (non-hydrogen) atoms. The van der Waals surface area contributed by atoms with E-state index in [1.807, 2.05) is 0 Å². The van der Waals surface area contributed by atoms with Crippen molar-refractivity contribution in [1.82, 2.24) is 0 Å². The van der Waals surface area contributed by atoms with Crippen LogP contribution in [0.15, 0.2) is 57.9 Å². The van der Waals surface area contributed by atoms with Gasteiger partial charge in [0, 0.05) is 16.3 Å². The van der Waals surface area contributed by atoms with Crippen LogP contribution in [0.2, 0.25) is 0 Å². The zero-order valence-electron chi connectivity index (χ0n) is 12.2. The van der Waals surface area contributed by atoms with E-state index in [2.05, 4.69) is 15.9 Å². The molecule has 2 aromatic rings. The van der Waals surface area contributed by atoms with E-state index in [-0.39, 0.29) is 16.2 Å². The molecule has 0 radical (unpaired) electrons. The molecule has 0 aliphatic carbocycles. The number of esters is 1. The molecule has 0 aliphatic rings. The molecule has 5 nitrogen and oxygen atoms in total. The van der Waals surface area contributed by atoms with Crippen molar-refractivity contribution in [3.8, 4) is 0 Å². The molecule has 0 amide bonds. The Balaban J connectivity index is 2.12. The standard InChI is InChI=1S/C16H13BrO5S/c1-23(20,21)15-5-3-2-4-13(15)16(19)22-10-14(18)11-6-8-12(17)9-7-11/h2-9H,10H2,1H3. The average molecular weight is 397 g/mol. The molecule has 0 spiro atoms. The number of hydrogen-bond donors (Lipinski definition) is 0. The van der Waals surface area contributed by atoms with Crippen LogP contribution in [0.1, 0.15) is 20.7 Å². The van der Waals surface area contributed by atoms with Crippen LogP contribution in [0.3, 0.4) is 0 Å². The molecule has 2 rings (SSSR count). The van der Waals surface area contributed by atoms with Gasteiger partial charge in [0.05, 0.1) is 10.5 Å². The second-order valence-electron chi connectivity index (χ2n) is 4.77. The van der Waals surface area contributed by atoms with Crippen LogP contribution in [-0.2, 0) is 14.6 Å². The molecule has 0 unspecified atom stereocenters. The first-order chi connectivity index (χ1) is 10.8. The van der Waals surface area contributed by atoms with Gasteiger partial charge in [-0.1, -0.05) is 40.2 Å². The van der Waals surface area contributed by atoms with Gasteiger partial charge in [0.2, 0.25) is 0 Å². The summed E-state index contributed by atoms with van der Waals surface area (Å²) >= 11 is 3.26. The summed E-state index contributed by atoms with van der Waals surface area (Å²) in [6.45, 7) is -0.460. The van der Waals surface area contributed by atoms with Crippen molar-refractivity contribution in [3.05, 3.63) is 64.1 Å². The Labute approximate surface area is 142 Å². The predicted octanol–water partition coefficient (Wildman–Crippen LogP) is 2.89. The smallest absolute Gasteiger partial charge is 0.339 e. The summed E-state index contributed by atoms with van der Waals surface area (Å²) in [7, 11) is -3.56. The van der Waals surface area contributed by atoms with Gasteiger partial charge in [0.25, 0.3) is 0 Å². The molecule has 120 valence electrons. The molecule has 0 atom stereocenters. The zero-order chi connectivity index (χ0) is 17.0. The molecule has 0 saturated carbocycles. The van der Waals surface area contributed by atoms with Crippen molar-refractivity contribution < 1.29 is 22.7 Å². The van der Waals surface area contributed by atoms with Crippen LogP contribution in [-0.4, -0.2) is 33.0 Å². The van der Waals surface area contributed by atoms with Gasteiger partial charge in [-0.25, -0.2) is 13.2 Å². The van der Waals surface area contributed by atoms with Gasteiger partial charge in [0.15, 0.2) is 22.2 Å². The molecule has 0 fully saturated rings. The minimum atomic E-state index is -3.56. The van der Waals surface area contributed by atoms with Crippen molar-refractivity contribution in [1.29, 1.82) is 0 Å². The fraction of sp³-hybridized carbons (Fsp3) is 0.125. The van der Waals surface area contributed by atoms with Crippen molar-refractivity contribution in [2.75, 3.05) is 12.9 Å². The highest BCUT2D eigenvalue weighted by atomic mass is 79.9. The Morgan fingerprint density at radius 1 is 1.04 bits per heavy atom. The first-order valence-electron chi connectivity index (χ1n) is 6.54. The molecule has 0 N–H and O–H groups in total. The number of rotatable bonds is 5. The SMILES string of the molecule is CS(=O)(=O)c1ccccc1C(=O)OCC(=O)c1ccc(Br)cc1. The summed E-state index contributed by atoms with van der Waals surface area (Å²) in [6, 6.07) is 12.3. The highest BCUT2D eigenvalue weighted by molar-refractivity contribution is 9.10. The van der Waals surface area contributed by atoms with Gasteiger partial charge < -0.3 is 4.74 Å². The summed E-state index contributed by atoms with van der Waals surface area (Å²) in [5.74, 6) is -1.22. The quantitative estimate of drug-likeness (QED) is 0.573. The predicted molar refractivity (Wildman–Crippen MR) is 88.3 cm³/mol. The largest absolute Gasteiger partial charge is 0.454 e. The number of Topliss-reactive ketones (excluding diaryl/α,β-unsaturated/α-hetero) is 1. The Morgan fingerprint density at radius 3 is 2.26 bits per heavy atom. The van der Waals surface area contributed by atoms with Crippen LogP contribution in [0.4, 0.5) is 0 Å². The lowest BCUT2D eigenvalue weighted by atomic mass is 10.1. The van der Waals surface area contributed by atoms with E-state index in [4.69, 9.17) is 4.74 Å². The van der Waals surface area contributed by atoms with E-state index in [0.717, 1.165) is 10.7 Å². The maximum Gasteiger partial charge on any atom is 0.339 e. The highest BCUT2D eigenvalue weighted by Crippen LogP contribution is 2.17. The van der Waals surface area contributed by atoms with Gasteiger partial charge in [0.1, 0.15) is 0 Å². The maximum atomic E-state index is 12.1. The number of benzene rings is 2. The Morgan fingerprint density at radius 2 is 1.65 bits per heavy atom. The summed E-state index contributed by atoms with van der Waals surface area (Å²) in [5.41, 5.74) is 0.316.